The minimum absolute atomic E-state index is 0.0519. The van der Waals surface area contributed by atoms with Gasteiger partial charge in [-0.1, -0.05) is 6.07 Å². The van der Waals surface area contributed by atoms with E-state index in [4.69, 9.17) is 10.5 Å². The van der Waals surface area contributed by atoms with Crippen molar-refractivity contribution in [3.63, 3.8) is 0 Å². The van der Waals surface area contributed by atoms with Gasteiger partial charge in [0, 0.05) is 19.2 Å². The molecule has 5 nitrogen and oxygen atoms in total. The van der Waals surface area contributed by atoms with Gasteiger partial charge in [-0.25, -0.2) is 0 Å². The van der Waals surface area contributed by atoms with Crippen molar-refractivity contribution in [3.05, 3.63) is 23.8 Å². The highest BCUT2D eigenvalue weighted by Crippen LogP contribution is 2.30. The second-order valence-electron chi connectivity index (χ2n) is 5.32. The lowest BCUT2D eigenvalue weighted by Crippen LogP contribution is -2.44. The van der Waals surface area contributed by atoms with Crippen molar-refractivity contribution < 1.29 is 14.6 Å². The Labute approximate surface area is 125 Å². The van der Waals surface area contributed by atoms with Crippen LogP contribution in [0.4, 0.5) is 5.69 Å². The molecule has 5 heteroatoms. The van der Waals surface area contributed by atoms with Gasteiger partial charge in [0.25, 0.3) is 5.91 Å². The molecule has 0 bridgehead atoms. The van der Waals surface area contributed by atoms with Gasteiger partial charge in [-0.2, -0.15) is 0 Å². The second-order valence-corrected chi connectivity index (χ2v) is 5.32. The van der Waals surface area contributed by atoms with Gasteiger partial charge in [-0.05, 0) is 44.7 Å². The molecule has 0 radical (unpaired) electrons. The zero-order valence-electron chi connectivity index (χ0n) is 12.5. The van der Waals surface area contributed by atoms with Gasteiger partial charge in [-0.3, -0.25) is 4.79 Å². The molecular weight excluding hydrogens is 268 g/mol. The first-order valence-electron chi connectivity index (χ1n) is 7.62. The highest BCUT2D eigenvalue weighted by molar-refractivity contribution is 5.98. The Morgan fingerprint density at radius 1 is 1.48 bits per heavy atom. The molecule has 0 aromatic heterocycles. The van der Waals surface area contributed by atoms with E-state index in [0.29, 0.717) is 30.0 Å². The highest BCUT2D eigenvalue weighted by Gasteiger charge is 2.29. The predicted octanol–water partition coefficient (Wildman–Crippen LogP) is 2.04. The van der Waals surface area contributed by atoms with E-state index in [1.165, 1.54) is 0 Å². The van der Waals surface area contributed by atoms with Crippen molar-refractivity contribution >= 4 is 11.6 Å². The van der Waals surface area contributed by atoms with Crippen LogP contribution in [0.3, 0.4) is 0 Å². The fourth-order valence-corrected chi connectivity index (χ4v) is 2.90. The number of nitrogen functional groups attached to an aromatic ring is 1. The zero-order valence-corrected chi connectivity index (χ0v) is 12.5. The minimum atomic E-state index is -0.0519. The summed E-state index contributed by atoms with van der Waals surface area (Å²) in [5.41, 5.74) is 6.93. The number of rotatable bonds is 5. The molecule has 1 unspecified atom stereocenters. The van der Waals surface area contributed by atoms with Crippen molar-refractivity contribution in [2.75, 3.05) is 25.5 Å². The standard InChI is InChI=1S/C16H24N2O3/c1-2-21-15-13(7-5-8-14(15)17)16(20)18-10-4-3-6-12(18)9-11-19/h5,7-8,12,19H,2-4,6,9-11,17H2,1H3. The summed E-state index contributed by atoms with van der Waals surface area (Å²) in [7, 11) is 0. The van der Waals surface area contributed by atoms with E-state index in [2.05, 4.69) is 0 Å². The molecule has 1 aromatic rings. The molecule has 1 saturated heterocycles. The highest BCUT2D eigenvalue weighted by atomic mass is 16.5. The van der Waals surface area contributed by atoms with E-state index in [1.54, 1.807) is 18.2 Å². The Balaban J connectivity index is 2.27. The lowest BCUT2D eigenvalue weighted by Gasteiger charge is -2.36. The number of aliphatic hydroxyl groups excluding tert-OH is 1. The first-order valence-corrected chi connectivity index (χ1v) is 7.62. The molecule has 116 valence electrons. The van der Waals surface area contributed by atoms with Crippen LogP contribution in [0.2, 0.25) is 0 Å². The van der Waals surface area contributed by atoms with Gasteiger partial charge < -0.3 is 20.5 Å². The number of carbonyl (C=O) groups is 1. The Bertz CT molecular complexity index is 488. The average molecular weight is 292 g/mol. The van der Waals surface area contributed by atoms with E-state index in [9.17, 15) is 9.90 Å². The summed E-state index contributed by atoms with van der Waals surface area (Å²) in [5, 5.41) is 9.19. The molecule has 1 aliphatic heterocycles. The van der Waals surface area contributed by atoms with Gasteiger partial charge in [0.05, 0.1) is 17.9 Å². The summed E-state index contributed by atoms with van der Waals surface area (Å²) in [6, 6.07) is 5.38. The smallest absolute Gasteiger partial charge is 0.257 e. The number of piperidine rings is 1. The lowest BCUT2D eigenvalue weighted by atomic mass is 9.98. The van der Waals surface area contributed by atoms with E-state index >= 15 is 0 Å². The summed E-state index contributed by atoms with van der Waals surface area (Å²) < 4.78 is 5.55. The number of hydrogen-bond acceptors (Lipinski definition) is 4. The Morgan fingerprint density at radius 2 is 2.29 bits per heavy atom. The van der Waals surface area contributed by atoms with Gasteiger partial charge >= 0.3 is 0 Å². The van der Waals surface area contributed by atoms with E-state index in [1.807, 2.05) is 11.8 Å². The third-order valence-corrected chi connectivity index (χ3v) is 3.91. The van der Waals surface area contributed by atoms with Crippen molar-refractivity contribution in [2.24, 2.45) is 0 Å². The molecule has 1 aliphatic rings. The third kappa shape index (κ3) is 3.47. The lowest BCUT2D eigenvalue weighted by molar-refractivity contribution is 0.0571. The monoisotopic (exact) mass is 292 g/mol. The normalized spacial score (nSPS) is 18.6. The van der Waals surface area contributed by atoms with Crippen LogP contribution in [0.1, 0.15) is 43.0 Å². The molecule has 0 spiro atoms. The van der Waals surface area contributed by atoms with Gasteiger partial charge in [0.15, 0.2) is 5.75 Å². The Kier molecular flexibility index (Phi) is 5.44. The summed E-state index contributed by atoms with van der Waals surface area (Å²) >= 11 is 0. The van der Waals surface area contributed by atoms with Crippen molar-refractivity contribution in [1.29, 1.82) is 0 Å². The molecule has 1 amide bonds. The van der Waals surface area contributed by atoms with Crippen LogP contribution in [0.5, 0.6) is 5.75 Å². The molecule has 1 heterocycles. The Hall–Kier alpha value is -1.75. The maximum atomic E-state index is 12.8. The van der Waals surface area contributed by atoms with Gasteiger partial charge in [0.1, 0.15) is 0 Å². The third-order valence-electron chi connectivity index (χ3n) is 3.91. The van der Waals surface area contributed by atoms with Crippen LogP contribution in [0.25, 0.3) is 0 Å². The topological polar surface area (TPSA) is 75.8 Å². The summed E-state index contributed by atoms with van der Waals surface area (Å²) in [4.78, 5) is 14.7. The number of ether oxygens (including phenoxy) is 1. The quantitative estimate of drug-likeness (QED) is 0.814. The molecule has 1 atom stereocenters. The summed E-state index contributed by atoms with van der Waals surface area (Å²) in [6.07, 6.45) is 3.67. The predicted molar refractivity (Wildman–Crippen MR) is 82.4 cm³/mol. The minimum Gasteiger partial charge on any atom is -0.491 e. The van der Waals surface area contributed by atoms with E-state index < -0.39 is 0 Å². The fraction of sp³-hybridized carbons (Fsp3) is 0.562. The SMILES string of the molecule is CCOc1c(N)cccc1C(=O)N1CCCCC1CCO. The number of amides is 1. The average Bonchev–Trinajstić information content (AvgIpc) is 2.50. The fourth-order valence-electron chi connectivity index (χ4n) is 2.90. The van der Waals surface area contributed by atoms with Crippen LogP contribution >= 0.6 is 0 Å². The molecule has 1 aromatic carbocycles. The number of benzene rings is 1. The summed E-state index contributed by atoms with van der Waals surface area (Å²) in [6.45, 7) is 3.16. The number of hydrogen-bond donors (Lipinski definition) is 2. The van der Waals surface area contributed by atoms with E-state index in [0.717, 1.165) is 25.8 Å². The largest absolute Gasteiger partial charge is 0.491 e. The number of likely N-dealkylation sites (tertiary alicyclic amines) is 1. The molecule has 0 saturated carbocycles. The number of nitrogens with two attached hydrogens (primary N) is 1. The van der Waals surface area contributed by atoms with E-state index in [-0.39, 0.29) is 18.6 Å². The summed E-state index contributed by atoms with van der Waals surface area (Å²) in [5.74, 6) is 0.419. The first kappa shape index (κ1) is 15.6. The van der Waals surface area contributed by atoms with Crippen LogP contribution in [0, 0.1) is 0 Å². The first-order chi connectivity index (χ1) is 10.2. The molecule has 0 aliphatic carbocycles. The van der Waals surface area contributed by atoms with Crippen LogP contribution in [0.15, 0.2) is 18.2 Å². The number of carbonyl (C=O) groups excluding carboxylic acids is 1. The second kappa shape index (κ2) is 7.31. The zero-order chi connectivity index (χ0) is 15.2. The molecule has 3 N–H and O–H groups in total. The Morgan fingerprint density at radius 3 is 3.00 bits per heavy atom. The van der Waals surface area contributed by atoms with Crippen molar-refractivity contribution in [3.8, 4) is 5.75 Å². The maximum Gasteiger partial charge on any atom is 0.257 e. The van der Waals surface area contributed by atoms with Crippen LogP contribution in [-0.4, -0.2) is 41.7 Å². The molecule has 21 heavy (non-hydrogen) atoms. The number of aliphatic hydroxyl groups is 1. The molecular formula is C16H24N2O3. The number of anilines is 1. The number of nitrogens with zero attached hydrogens (tertiary/aromatic N) is 1. The molecule has 1 fully saturated rings. The van der Waals surface area contributed by atoms with Crippen molar-refractivity contribution in [1.82, 2.24) is 4.90 Å². The molecule has 2 rings (SSSR count). The van der Waals surface area contributed by atoms with Gasteiger partial charge in [0.2, 0.25) is 0 Å². The number of para-hydroxylation sites is 1. The van der Waals surface area contributed by atoms with Crippen LogP contribution < -0.4 is 10.5 Å². The maximum absolute atomic E-state index is 12.8. The van der Waals surface area contributed by atoms with Crippen LogP contribution in [-0.2, 0) is 0 Å². The van der Waals surface area contributed by atoms with Crippen molar-refractivity contribution in [2.45, 2.75) is 38.6 Å². The van der Waals surface area contributed by atoms with Gasteiger partial charge in [-0.15, -0.1) is 0 Å².